The van der Waals surface area contributed by atoms with Crippen LogP contribution < -0.4 is 4.74 Å². The van der Waals surface area contributed by atoms with Crippen molar-refractivity contribution in [1.29, 1.82) is 0 Å². The fraction of sp³-hybridized carbons (Fsp3) is 0.400. The lowest BCUT2D eigenvalue weighted by atomic mass is 10.3. The highest BCUT2D eigenvalue weighted by Gasteiger charge is 2.23. The average molecular weight is 319 g/mol. The Kier molecular flexibility index (Phi) is 4.65. The Balaban J connectivity index is 1.66. The van der Waals surface area contributed by atoms with Crippen LogP contribution in [0.2, 0.25) is 0 Å². The molecule has 0 saturated carbocycles. The van der Waals surface area contributed by atoms with Crippen LogP contribution in [0.5, 0.6) is 5.75 Å². The van der Waals surface area contributed by atoms with Gasteiger partial charge in [-0.05, 0) is 19.1 Å². The summed E-state index contributed by atoms with van der Waals surface area (Å²) in [5.74, 6) is 0.724. The van der Waals surface area contributed by atoms with Crippen molar-refractivity contribution >= 4 is 17.2 Å². The Bertz CT molecular complexity index is 639. The Labute approximate surface area is 132 Å². The molecule has 6 nitrogen and oxygen atoms in total. The van der Waals surface area contributed by atoms with E-state index in [1.54, 1.807) is 12.4 Å². The van der Waals surface area contributed by atoms with Gasteiger partial charge in [-0.2, -0.15) is 0 Å². The standard InChI is InChI=1S/C15H17N3O3S/c1-11-14(15(19)18-5-7-20-8-6-18)22-13(17-11)10-21-12-3-2-4-16-9-12/h2-4,9H,5-8,10H2,1H3. The lowest BCUT2D eigenvalue weighted by molar-refractivity contribution is 0.0305. The first-order valence-electron chi connectivity index (χ1n) is 7.10. The summed E-state index contributed by atoms with van der Waals surface area (Å²) in [6.07, 6.45) is 3.35. The molecular weight excluding hydrogens is 302 g/mol. The van der Waals surface area contributed by atoms with Gasteiger partial charge in [0.25, 0.3) is 5.91 Å². The van der Waals surface area contributed by atoms with Crippen molar-refractivity contribution in [2.45, 2.75) is 13.5 Å². The van der Waals surface area contributed by atoms with Crippen LogP contribution in [0.15, 0.2) is 24.5 Å². The minimum Gasteiger partial charge on any atom is -0.485 e. The Morgan fingerprint density at radius 3 is 3.00 bits per heavy atom. The third kappa shape index (κ3) is 3.42. The van der Waals surface area contributed by atoms with Crippen molar-refractivity contribution in [3.63, 3.8) is 0 Å². The molecule has 3 rings (SSSR count). The first kappa shape index (κ1) is 14.9. The normalized spacial score (nSPS) is 14.9. The molecule has 0 unspecified atom stereocenters. The number of morpholine rings is 1. The second-order valence-electron chi connectivity index (χ2n) is 4.90. The van der Waals surface area contributed by atoms with Gasteiger partial charge in [-0.15, -0.1) is 11.3 Å². The van der Waals surface area contributed by atoms with Crippen LogP contribution in [0.25, 0.3) is 0 Å². The second kappa shape index (κ2) is 6.85. The SMILES string of the molecule is Cc1nc(COc2cccnc2)sc1C(=O)N1CCOCC1. The molecule has 0 N–H and O–H groups in total. The molecule has 2 aromatic heterocycles. The van der Waals surface area contributed by atoms with E-state index in [2.05, 4.69) is 9.97 Å². The van der Waals surface area contributed by atoms with E-state index >= 15 is 0 Å². The van der Waals surface area contributed by atoms with Gasteiger partial charge in [0, 0.05) is 19.3 Å². The largest absolute Gasteiger partial charge is 0.485 e. The Morgan fingerprint density at radius 1 is 1.45 bits per heavy atom. The number of carbonyl (C=O) groups excluding carboxylic acids is 1. The van der Waals surface area contributed by atoms with E-state index in [4.69, 9.17) is 9.47 Å². The van der Waals surface area contributed by atoms with Crippen molar-refractivity contribution < 1.29 is 14.3 Å². The molecule has 1 amide bonds. The number of aryl methyl sites for hydroxylation is 1. The average Bonchev–Trinajstić information content (AvgIpc) is 2.95. The highest BCUT2D eigenvalue weighted by molar-refractivity contribution is 7.13. The number of amides is 1. The third-order valence-electron chi connectivity index (χ3n) is 3.33. The lowest BCUT2D eigenvalue weighted by Crippen LogP contribution is -2.40. The molecule has 22 heavy (non-hydrogen) atoms. The molecule has 0 aromatic carbocycles. The molecule has 1 aliphatic heterocycles. The quantitative estimate of drug-likeness (QED) is 0.861. The summed E-state index contributed by atoms with van der Waals surface area (Å²) in [5, 5.41) is 0.790. The summed E-state index contributed by atoms with van der Waals surface area (Å²) in [5.41, 5.74) is 0.756. The molecule has 1 saturated heterocycles. The van der Waals surface area contributed by atoms with E-state index in [0.717, 1.165) is 10.7 Å². The first-order chi connectivity index (χ1) is 10.7. The van der Waals surface area contributed by atoms with Gasteiger partial charge in [0.1, 0.15) is 22.2 Å². The van der Waals surface area contributed by atoms with Crippen molar-refractivity contribution in [2.24, 2.45) is 0 Å². The van der Waals surface area contributed by atoms with Crippen LogP contribution in [0.3, 0.4) is 0 Å². The maximum Gasteiger partial charge on any atom is 0.266 e. The molecule has 0 bridgehead atoms. The van der Waals surface area contributed by atoms with E-state index in [1.807, 2.05) is 24.0 Å². The van der Waals surface area contributed by atoms with E-state index in [0.29, 0.717) is 43.5 Å². The molecule has 7 heteroatoms. The van der Waals surface area contributed by atoms with Crippen molar-refractivity contribution in [1.82, 2.24) is 14.9 Å². The van der Waals surface area contributed by atoms with Gasteiger partial charge >= 0.3 is 0 Å². The monoisotopic (exact) mass is 319 g/mol. The topological polar surface area (TPSA) is 64.6 Å². The number of carbonyl (C=O) groups is 1. The maximum atomic E-state index is 12.5. The Morgan fingerprint density at radius 2 is 2.27 bits per heavy atom. The zero-order valence-electron chi connectivity index (χ0n) is 12.3. The van der Waals surface area contributed by atoms with E-state index in [9.17, 15) is 4.79 Å². The minimum atomic E-state index is 0.0333. The molecule has 116 valence electrons. The molecule has 0 aliphatic carbocycles. The molecule has 0 spiro atoms. The summed E-state index contributed by atoms with van der Waals surface area (Å²) in [7, 11) is 0. The zero-order chi connectivity index (χ0) is 15.4. The van der Waals surface area contributed by atoms with Crippen LogP contribution in [0.1, 0.15) is 20.4 Å². The minimum absolute atomic E-state index is 0.0333. The van der Waals surface area contributed by atoms with Crippen LogP contribution in [-0.4, -0.2) is 47.1 Å². The number of nitrogens with zero attached hydrogens (tertiary/aromatic N) is 3. The fourth-order valence-electron chi connectivity index (χ4n) is 2.20. The van der Waals surface area contributed by atoms with Gasteiger partial charge in [0.05, 0.1) is 25.1 Å². The predicted octanol–water partition coefficient (Wildman–Crippen LogP) is 1.90. The van der Waals surface area contributed by atoms with Crippen molar-refractivity contribution in [2.75, 3.05) is 26.3 Å². The molecule has 3 heterocycles. The summed E-state index contributed by atoms with van der Waals surface area (Å²) in [4.78, 5) is 23.4. The number of thiazole rings is 1. The van der Waals surface area contributed by atoms with Crippen molar-refractivity contribution in [3.05, 3.63) is 40.1 Å². The number of hydrogen-bond donors (Lipinski definition) is 0. The summed E-state index contributed by atoms with van der Waals surface area (Å²) in [6, 6.07) is 3.66. The van der Waals surface area contributed by atoms with Crippen molar-refractivity contribution in [3.8, 4) is 5.75 Å². The molecule has 0 atom stereocenters. The lowest BCUT2D eigenvalue weighted by Gasteiger charge is -2.26. The number of aromatic nitrogens is 2. The van der Waals surface area contributed by atoms with E-state index < -0.39 is 0 Å². The smallest absolute Gasteiger partial charge is 0.266 e. The van der Waals surface area contributed by atoms with Crippen LogP contribution in [0.4, 0.5) is 0 Å². The number of ether oxygens (including phenoxy) is 2. The summed E-state index contributed by atoms with van der Waals surface area (Å²) < 4.78 is 10.9. The predicted molar refractivity (Wildman–Crippen MR) is 82.1 cm³/mol. The van der Waals surface area contributed by atoms with Gasteiger partial charge in [-0.25, -0.2) is 4.98 Å². The first-order valence-corrected chi connectivity index (χ1v) is 7.92. The van der Waals surface area contributed by atoms with Gasteiger partial charge < -0.3 is 14.4 Å². The highest BCUT2D eigenvalue weighted by atomic mass is 32.1. The van der Waals surface area contributed by atoms with E-state index in [-0.39, 0.29) is 5.91 Å². The fourth-order valence-corrected chi connectivity index (χ4v) is 3.15. The van der Waals surface area contributed by atoms with Gasteiger partial charge in [-0.3, -0.25) is 9.78 Å². The van der Waals surface area contributed by atoms with Crippen LogP contribution in [0, 0.1) is 6.92 Å². The van der Waals surface area contributed by atoms with Crippen LogP contribution >= 0.6 is 11.3 Å². The van der Waals surface area contributed by atoms with E-state index in [1.165, 1.54) is 11.3 Å². The second-order valence-corrected chi connectivity index (χ2v) is 5.99. The van der Waals surface area contributed by atoms with Crippen LogP contribution in [-0.2, 0) is 11.3 Å². The van der Waals surface area contributed by atoms with Gasteiger partial charge in [-0.1, -0.05) is 0 Å². The zero-order valence-corrected chi connectivity index (χ0v) is 13.1. The van der Waals surface area contributed by atoms with Gasteiger partial charge in [0.15, 0.2) is 0 Å². The molecule has 2 aromatic rings. The third-order valence-corrected chi connectivity index (χ3v) is 4.45. The molecule has 0 radical (unpaired) electrons. The number of hydrogen-bond acceptors (Lipinski definition) is 6. The molecule has 1 aliphatic rings. The Hall–Kier alpha value is -1.99. The number of pyridine rings is 1. The molecule has 1 fully saturated rings. The summed E-state index contributed by atoms with van der Waals surface area (Å²) in [6.45, 7) is 4.67. The maximum absolute atomic E-state index is 12.5. The molecular formula is C15H17N3O3S. The summed E-state index contributed by atoms with van der Waals surface area (Å²) >= 11 is 1.39. The van der Waals surface area contributed by atoms with Gasteiger partial charge in [0.2, 0.25) is 0 Å². The number of rotatable bonds is 4. The highest BCUT2D eigenvalue weighted by Crippen LogP contribution is 2.22.